The highest BCUT2D eigenvalue weighted by Gasteiger charge is 2.16. The molecule has 0 N–H and O–H groups in total. The monoisotopic (exact) mass is 309 g/mol. The number of pyridine rings is 1. The van der Waals surface area contributed by atoms with Gasteiger partial charge in [-0.3, -0.25) is 9.38 Å². The molecule has 4 aromatic rings. The van der Waals surface area contributed by atoms with Crippen molar-refractivity contribution >= 4 is 28.3 Å². The van der Waals surface area contributed by atoms with Crippen LogP contribution in [0, 0.1) is 13.8 Å². The molecule has 4 rings (SSSR count). The van der Waals surface area contributed by atoms with Gasteiger partial charge in [-0.15, -0.1) is 10.2 Å². The molecule has 0 unspecified atom stereocenters. The molecule has 0 aliphatic rings. The smallest absolute Gasteiger partial charge is 0.183 e. The molecular formula is C16H12ClN5. The predicted octanol–water partition coefficient (Wildman–Crippen LogP) is 3.61. The van der Waals surface area contributed by atoms with Gasteiger partial charge in [-0.25, -0.2) is 4.98 Å². The Balaban J connectivity index is 2.20. The first-order chi connectivity index (χ1) is 10.6. The summed E-state index contributed by atoms with van der Waals surface area (Å²) in [5, 5.41) is 9.21. The summed E-state index contributed by atoms with van der Waals surface area (Å²) < 4.78 is 1.99. The molecular weight excluding hydrogens is 298 g/mol. The molecule has 0 fully saturated rings. The van der Waals surface area contributed by atoms with E-state index in [2.05, 4.69) is 20.2 Å². The van der Waals surface area contributed by atoms with Crippen LogP contribution in [-0.2, 0) is 0 Å². The van der Waals surface area contributed by atoms with Crippen LogP contribution in [0.25, 0.3) is 28.1 Å². The lowest BCUT2D eigenvalue weighted by molar-refractivity contribution is 1.04. The van der Waals surface area contributed by atoms with Crippen LogP contribution in [-0.4, -0.2) is 24.6 Å². The van der Waals surface area contributed by atoms with Gasteiger partial charge in [0.1, 0.15) is 11.3 Å². The molecule has 3 aromatic heterocycles. The summed E-state index contributed by atoms with van der Waals surface area (Å²) in [6, 6.07) is 9.47. The van der Waals surface area contributed by atoms with E-state index in [0.29, 0.717) is 5.02 Å². The second-order valence-electron chi connectivity index (χ2n) is 5.15. The molecule has 0 saturated heterocycles. The van der Waals surface area contributed by atoms with Crippen LogP contribution in [0.15, 0.2) is 36.5 Å². The number of imidazole rings is 1. The van der Waals surface area contributed by atoms with Crippen LogP contribution in [0.3, 0.4) is 0 Å². The van der Waals surface area contributed by atoms with E-state index in [1.807, 2.05) is 48.6 Å². The van der Waals surface area contributed by atoms with E-state index >= 15 is 0 Å². The van der Waals surface area contributed by atoms with Crippen molar-refractivity contribution in [3.63, 3.8) is 0 Å². The maximum Gasteiger partial charge on any atom is 0.183 e. The Labute approximate surface area is 131 Å². The van der Waals surface area contributed by atoms with Gasteiger partial charge in [-0.05, 0) is 44.2 Å². The third-order valence-corrected chi connectivity index (χ3v) is 3.93. The van der Waals surface area contributed by atoms with E-state index in [4.69, 9.17) is 11.6 Å². The molecule has 0 amide bonds. The second kappa shape index (κ2) is 4.74. The highest BCUT2D eigenvalue weighted by atomic mass is 35.5. The minimum Gasteiger partial charge on any atom is -0.273 e. The van der Waals surface area contributed by atoms with Crippen LogP contribution in [0.1, 0.15) is 11.4 Å². The summed E-state index contributed by atoms with van der Waals surface area (Å²) in [6.07, 6.45) is 1.77. The number of hydrogen-bond donors (Lipinski definition) is 0. The average Bonchev–Trinajstić information content (AvgIpc) is 2.85. The Morgan fingerprint density at radius 3 is 2.73 bits per heavy atom. The first-order valence-corrected chi connectivity index (χ1v) is 7.26. The largest absolute Gasteiger partial charge is 0.273 e. The molecule has 1 aromatic carbocycles. The summed E-state index contributed by atoms with van der Waals surface area (Å²) in [4.78, 5) is 9.03. The zero-order valence-electron chi connectivity index (χ0n) is 12.1. The van der Waals surface area contributed by atoms with Gasteiger partial charge in [0.05, 0.1) is 11.2 Å². The molecule has 0 saturated carbocycles. The maximum atomic E-state index is 6.16. The van der Waals surface area contributed by atoms with Crippen molar-refractivity contribution in [1.82, 2.24) is 24.6 Å². The van der Waals surface area contributed by atoms with Crippen molar-refractivity contribution in [2.75, 3.05) is 0 Å². The minimum atomic E-state index is 0.655. The van der Waals surface area contributed by atoms with E-state index in [1.54, 1.807) is 6.20 Å². The molecule has 0 bridgehead atoms. The number of hydrogen-bond acceptors (Lipinski definition) is 4. The number of aryl methyl sites for hydroxylation is 2. The van der Waals surface area contributed by atoms with Gasteiger partial charge in [-0.2, -0.15) is 0 Å². The standard InChI is InChI=1S/C16H12ClN5/c1-9-12(4-3-7-18-9)16-19-10(2)15-21-20-13-6-5-11(17)8-14(13)22(15)16/h3-8H,1-2H3. The van der Waals surface area contributed by atoms with Crippen LogP contribution in [0.4, 0.5) is 0 Å². The third-order valence-electron chi connectivity index (χ3n) is 3.70. The average molecular weight is 310 g/mol. The molecule has 0 aliphatic carbocycles. The number of nitrogens with zero attached hydrogens (tertiary/aromatic N) is 5. The summed E-state index contributed by atoms with van der Waals surface area (Å²) in [7, 11) is 0. The van der Waals surface area contributed by atoms with Crippen LogP contribution in [0.2, 0.25) is 5.02 Å². The van der Waals surface area contributed by atoms with Gasteiger partial charge < -0.3 is 0 Å². The number of aromatic nitrogens is 5. The van der Waals surface area contributed by atoms with Crippen LogP contribution >= 0.6 is 11.6 Å². The van der Waals surface area contributed by atoms with Crippen LogP contribution < -0.4 is 0 Å². The summed E-state index contributed by atoms with van der Waals surface area (Å²) in [5.41, 5.74) is 5.11. The van der Waals surface area contributed by atoms with Crippen molar-refractivity contribution in [2.45, 2.75) is 13.8 Å². The molecule has 6 heteroatoms. The van der Waals surface area contributed by atoms with Gasteiger partial charge in [0.15, 0.2) is 5.65 Å². The van der Waals surface area contributed by atoms with Gasteiger partial charge in [0.25, 0.3) is 0 Å². The number of fused-ring (bicyclic) bond motifs is 3. The molecule has 0 spiro atoms. The minimum absolute atomic E-state index is 0.655. The second-order valence-corrected chi connectivity index (χ2v) is 5.59. The fourth-order valence-corrected chi connectivity index (χ4v) is 2.80. The van der Waals surface area contributed by atoms with E-state index in [1.165, 1.54) is 0 Å². The van der Waals surface area contributed by atoms with Gasteiger partial charge >= 0.3 is 0 Å². The zero-order valence-corrected chi connectivity index (χ0v) is 12.8. The third kappa shape index (κ3) is 1.86. The fourth-order valence-electron chi connectivity index (χ4n) is 2.63. The lowest BCUT2D eigenvalue weighted by atomic mass is 10.2. The summed E-state index contributed by atoms with van der Waals surface area (Å²) in [5.74, 6) is 0.806. The summed E-state index contributed by atoms with van der Waals surface area (Å²) >= 11 is 6.16. The first kappa shape index (κ1) is 13.2. The first-order valence-electron chi connectivity index (χ1n) is 6.88. The van der Waals surface area contributed by atoms with Crippen molar-refractivity contribution in [2.24, 2.45) is 0 Å². The lowest BCUT2D eigenvalue weighted by Crippen LogP contribution is -1.98. The molecule has 22 heavy (non-hydrogen) atoms. The normalized spacial score (nSPS) is 11.4. The quantitative estimate of drug-likeness (QED) is 0.539. The number of rotatable bonds is 1. The SMILES string of the molecule is Cc1ncccc1-c1nc(C)c2nnc3ccc(Cl)cc3n12. The summed E-state index contributed by atoms with van der Waals surface area (Å²) in [6.45, 7) is 3.89. The molecule has 5 nitrogen and oxygen atoms in total. The Morgan fingerprint density at radius 2 is 1.91 bits per heavy atom. The molecule has 3 heterocycles. The number of benzene rings is 1. The molecule has 0 radical (unpaired) electrons. The van der Waals surface area contributed by atoms with Crippen molar-refractivity contribution in [3.05, 3.63) is 52.9 Å². The van der Waals surface area contributed by atoms with Crippen LogP contribution in [0.5, 0.6) is 0 Å². The Bertz CT molecular complexity index is 1020. The van der Waals surface area contributed by atoms with E-state index < -0.39 is 0 Å². The van der Waals surface area contributed by atoms with E-state index in [-0.39, 0.29) is 0 Å². The molecule has 108 valence electrons. The predicted molar refractivity (Wildman–Crippen MR) is 86.0 cm³/mol. The Morgan fingerprint density at radius 1 is 1.05 bits per heavy atom. The molecule has 0 aliphatic heterocycles. The fraction of sp³-hybridized carbons (Fsp3) is 0.125. The highest BCUT2D eigenvalue weighted by Crippen LogP contribution is 2.27. The van der Waals surface area contributed by atoms with E-state index in [9.17, 15) is 0 Å². The number of halogens is 1. The van der Waals surface area contributed by atoms with Crippen molar-refractivity contribution in [3.8, 4) is 11.4 Å². The van der Waals surface area contributed by atoms with Crippen molar-refractivity contribution < 1.29 is 0 Å². The van der Waals surface area contributed by atoms with E-state index in [0.717, 1.165) is 39.5 Å². The molecule has 0 atom stereocenters. The van der Waals surface area contributed by atoms with Gasteiger partial charge in [0.2, 0.25) is 0 Å². The van der Waals surface area contributed by atoms with Gasteiger partial charge in [0, 0.05) is 22.5 Å². The highest BCUT2D eigenvalue weighted by molar-refractivity contribution is 6.31. The van der Waals surface area contributed by atoms with Crippen molar-refractivity contribution in [1.29, 1.82) is 0 Å². The Hall–Kier alpha value is -2.53. The topological polar surface area (TPSA) is 56.0 Å². The Kier molecular flexibility index (Phi) is 2.84. The van der Waals surface area contributed by atoms with Gasteiger partial charge in [-0.1, -0.05) is 11.6 Å². The lowest BCUT2D eigenvalue weighted by Gasteiger charge is -2.07. The zero-order chi connectivity index (χ0) is 15.3. The maximum absolute atomic E-state index is 6.16.